The van der Waals surface area contributed by atoms with Crippen molar-refractivity contribution in [3.63, 3.8) is 0 Å². The smallest absolute Gasteiger partial charge is 0.411 e. The summed E-state index contributed by atoms with van der Waals surface area (Å²) in [7, 11) is 1.36. The molecule has 1 spiro atoms. The second kappa shape index (κ2) is 5.18. The lowest BCUT2D eigenvalue weighted by atomic mass is 9.78. The molecule has 0 atom stereocenters. The van der Waals surface area contributed by atoms with E-state index < -0.39 is 6.09 Å². The van der Waals surface area contributed by atoms with Crippen LogP contribution in [0.15, 0.2) is 11.9 Å². The van der Waals surface area contributed by atoms with Crippen molar-refractivity contribution in [3.05, 3.63) is 11.9 Å². The normalized spacial score (nSPS) is 22.2. The molecule has 2 rings (SSSR count). The molecule has 0 aromatic carbocycles. The maximum absolute atomic E-state index is 11.3. The van der Waals surface area contributed by atoms with Crippen molar-refractivity contribution in [2.24, 2.45) is 5.92 Å². The predicted octanol–water partition coefficient (Wildman–Crippen LogP) is 2.40. The number of allylic oxidation sites excluding steroid dienone is 1. The predicted molar refractivity (Wildman–Crippen MR) is 67.5 cm³/mol. The van der Waals surface area contributed by atoms with E-state index in [1.165, 1.54) is 13.5 Å². The summed E-state index contributed by atoms with van der Waals surface area (Å²) in [5.41, 5.74) is 0.905. The van der Waals surface area contributed by atoms with Crippen molar-refractivity contribution in [3.8, 4) is 0 Å². The molecule has 5 heteroatoms. The molecule has 0 radical (unpaired) electrons. The highest BCUT2D eigenvalue weighted by molar-refractivity contribution is 5.69. The SMILES string of the molecule is COC(=O)NC(=CN1CCC2(CCC2)O1)C(C)C. The number of hydrogen-bond acceptors (Lipinski definition) is 4. The summed E-state index contributed by atoms with van der Waals surface area (Å²) < 4.78 is 4.62. The third-order valence-corrected chi connectivity index (χ3v) is 3.70. The van der Waals surface area contributed by atoms with Crippen LogP contribution < -0.4 is 5.32 Å². The third kappa shape index (κ3) is 2.77. The molecule has 0 unspecified atom stereocenters. The zero-order chi connectivity index (χ0) is 13.2. The van der Waals surface area contributed by atoms with Gasteiger partial charge in [-0.25, -0.2) is 4.79 Å². The summed E-state index contributed by atoms with van der Waals surface area (Å²) in [5.74, 6) is 0.214. The van der Waals surface area contributed by atoms with E-state index in [-0.39, 0.29) is 11.5 Å². The standard InChI is InChI=1S/C13H22N2O3/c1-10(2)11(14-12(16)17-3)9-15-8-7-13(18-15)5-4-6-13/h9-10H,4-8H2,1-3H3,(H,14,16). The van der Waals surface area contributed by atoms with Crippen LogP contribution in [-0.2, 0) is 9.57 Å². The van der Waals surface area contributed by atoms with Crippen LogP contribution in [0.1, 0.15) is 39.5 Å². The van der Waals surface area contributed by atoms with Gasteiger partial charge in [-0.05, 0) is 31.6 Å². The number of carbonyl (C=O) groups excluding carboxylic acids is 1. The molecule has 2 fully saturated rings. The van der Waals surface area contributed by atoms with E-state index in [1.807, 2.05) is 25.1 Å². The van der Waals surface area contributed by atoms with E-state index in [4.69, 9.17) is 4.84 Å². The van der Waals surface area contributed by atoms with Gasteiger partial charge in [-0.2, -0.15) is 0 Å². The molecule has 1 heterocycles. The first kappa shape index (κ1) is 13.2. The van der Waals surface area contributed by atoms with E-state index in [1.54, 1.807) is 0 Å². The van der Waals surface area contributed by atoms with Gasteiger partial charge in [0.1, 0.15) is 0 Å². The quantitative estimate of drug-likeness (QED) is 0.840. The number of hydroxylamine groups is 2. The Balaban J connectivity index is 1.97. The first-order chi connectivity index (χ1) is 8.54. The molecule has 1 saturated carbocycles. The van der Waals surface area contributed by atoms with Gasteiger partial charge in [-0.15, -0.1) is 0 Å². The van der Waals surface area contributed by atoms with Crippen LogP contribution in [0.4, 0.5) is 4.79 Å². The maximum atomic E-state index is 11.3. The van der Waals surface area contributed by atoms with Gasteiger partial charge in [0.15, 0.2) is 0 Å². The van der Waals surface area contributed by atoms with Gasteiger partial charge in [0.25, 0.3) is 0 Å². The Morgan fingerprint density at radius 3 is 2.61 bits per heavy atom. The molecule has 18 heavy (non-hydrogen) atoms. The fraction of sp³-hybridized carbons (Fsp3) is 0.769. The van der Waals surface area contributed by atoms with E-state index >= 15 is 0 Å². The number of nitrogens with zero attached hydrogens (tertiary/aromatic N) is 1. The Morgan fingerprint density at radius 1 is 1.44 bits per heavy atom. The zero-order valence-electron chi connectivity index (χ0n) is 11.4. The number of methoxy groups -OCH3 is 1. The van der Waals surface area contributed by atoms with E-state index in [9.17, 15) is 4.79 Å². The molecule has 102 valence electrons. The number of alkyl carbamates (subject to hydrolysis) is 1. The minimum Gasteiger partial charge on any atom is -0.453 e. The van der Waals surface area contributed by atoms with Gasteiger partial charge in [0.2, 0.25) is 0 Å². The average Bonchev–Trinajstić information content (AvgIpc) is 2.72. The van der Waals surface area contributed by atoms with Gasteiger partial charge < -0.3 is 4.74 Å². The molecule has 1 aliphatic heterocycles. The van der Waals surface area contributed by atoms with Crippen molar-refractivity contribution in [2.45, 2.75) is 45.1 Å². The van der Waals surface area contributed by atoms with E-state index in [0.717, 1.165) is 31.5 Å². The zero-order valence-corrected chi connectivity index (χ0v) is 11.4. The summed E-state index contributed by atoms with van der Waals surface area (Å²) in [4.78, 5) is 17.2. The number of hydrogen-bond donors (Lipinski definition) is 1. The van der Waals surface area contributed by atoms with Gasteiger partial charge in [0.05, 0.1) is 12.7 Å². The lowest BCUT2D eigenvalue weighted by molar-refractivity contribution is -0.194. The summed E-state index contributed by atoms with van der Waals surface area (Å²) >= 11 is 0. The van der Waals surface area contributed by atoms with Crippen molar-refractivity contribution in [1.29, 1.82) is 0 Å². The highest BCUT2D eigenvalue weighted by atomic mass is 16.7. The first-order valence-corrected chi connectivity index (χ1v) is 6.57. The molecule has 0 aromatic heterocycles. The number of carbonyl (C=O) groups is 1. The minimum absolute atomic E-state index is 0.0872. The topological polar surface area (TPSA) is 50.8 Å². The van der Waals surface area contributed by atoms with Crippen molar-refractivity contribution < 1.29 is 14.4 Å². The number of amides is 1. The first-order valence-electron chi connectivity index (χ1n) is 6.57. The maximum Gasteiger partial charge on any atom is 0.411 e. The fourth-order valence-electron chi connectivity index (χ4n) is 2.31. The largest absolute Gasteiger partial charge is 0.453 e. The van der Waals surface area contributed by atoms with Gasteiger partial charge >= 0.3 is 6.09 Å². The molecule has 1 aliphatic carbocycles. The van der Waals surface area contributed by atoms with Crippen LogP contribution in [0, 0.1) is 5.92 Å². The van der Waals surface area contributed by atoms with Gasteiger partial charge in [-0.1, -0.05) is 13.8 Å². The highest BCUT2D eigenvalue weighted by Gasteiger charge is 2.44. The Hall–Kier alpha value is -1.23. The Morgan fingerprint density at radius 2 is 2.17 bits per heavy atom. The van der Waals surface area contributed by atoms with Crippen LogP contribution in [0.3, 0.4) is 0 Å². The Kier molecular flexibility index (Phi) is 3.80. The number of rotatable bonds is 3. The molecule has 1 N–H and O–H groups in total. The van der Waals surface area contributed by atoms with E-state index in [2.05, 4.69) is 10.1 Å². The lowest BCUT2D eigenvalue weighted by Crippen LogP contribution is -2.37. The van der Waals surface area contributed by atoms with Crippen molar-refractivity contribution >= 4 is 6.09 Å². The summed E-state index contributed by atoms with van der Waals surface area (Å²) in [6.07, 6.45) is 6.08. The molecule has 2 aliphatic rings. The molecule has 1 saturated heterocycles. The lowest BCUT2D eigenvalue weighted by Gasteiger charge is -2.36. The summed E-state index contributed by atoms with van der Waals surface area (Å²) in [6.45, 7) is 4.94. The molecule has 0 bridgehead atoms. The Labute approximate surface area is 108 Å². The van der Waals surface area contributed by atoms with Crippen LogP contribution in [0.2, 0.25) is 0 Å². The average molecular weight is 254 g/mol. The molecular weight excluding hydrogens is 232 g/mol. The molecule has 1 amide bonds. The fourth-order valence-corrected chi connectivity index (χ4v) is 2.31. The Bertz CT molecular complexity index is 348. The van der Waals surface area contributed by atoms with Crippen LogP contribution in [0.25, 0.3) is 0 Å². The number of nitrogens with one attached hydrogen (secondary N) is 1. The monoisotopic (exact) mass is 254 g/mol. The van der Waals surface area contributed by atoms with E-state index in [0.29, 0.717) is 0 Å². The highest BCUT2D eigenvalue weighted by Crippen LogP contribution is 2.43. The van der Waals surface area contributed by atoms with Gasteiger partial charge in [-0.3, -0.25) is 15.2 Å². The van der Waals surface area contributed by atoms with Crippen LogP contribution >= 0.6 is 0 Å². The minimum atomic E-state index is -0.437. The van der Waals surface area contributed by atoms with Crippen LogP contribution in [-0.4, -0.2) is 30.4 Å². The summed E-state index contributed by atoms with van der Waals surface area (Å²) in [6, 6.07) is 0. The third-order valence-electron chi connectivity index (χ3n) is 3.70. The van der Waals surface area contributed by atoms with Crippen molar-refractivity contribution in [2.75, 3.05) is 13.7 Å². The second-order valence-corrected chi connectivity index (χ2v) is 5.37. The second-order valence-electron chi connectivity index (χ2n) is 5.37. The number of ether oxygens (including phenoxy) is 1. The van der Waals surface area contributed by atoms with Gasteiger partial charge in [0, 0.05) is 18.4 Å². The molecular formula is C13H22N2O3. The molecule has 5 nitrogen and oxygen atoms in total. The van der Waals surface area contributed by atoms with Crippen LogP contribution in [0.5, 0.6) is 0 Å². The van der Waals surface area contributed by atoms with Crippen molar-refractivity contribution in [1.82, 2.24) is 10.4 Å². The molecule has 0 aromatic rings. The summed E-state index contributed by atoms with van der Waals surface area (Å²) in [5, 5.41) is 4.59.